The number of aliphatic hydroxyl groups excluding tert-OH is 2. The molecule has 5 nitrogen and oxygen atoms in total. The van der Waals surface area contributed by atoms with E-state index in [9.17, 15) is 10.2 Å². The van der Waals surface area contributed by atoms with Gasteiger partial charge in [0.1, 0.15) is 12.1 Å². The molecule has 76 valence electrons. The van der Waals surface area contributed by atoms with E-state index in [2.05, 4.69) is 15.3 Å². The predicted octanol–water partition coefficient (Wildman–Crippen LogP) is -0.227. The lowest BCUT2D eigenvalue weighted by Crippen LogP contribution is -2.34. The Bertz CT molecular complexity index is 293. The Morgan fingerprint density at radius 2 is 2.21 bits per heavy atom. The van der Waals surface area contributed by atoms with Crippen LogP contribution in [0, 0.1) is 0 Å². The highest BCUT2D eigenvalue weighted by atomic mass is 16.3. The minimum atomic E-state index is -0.704. The van der Waals surface area contributed by atoms with Crippen LogP contribution >= 0.6 is 0 Å². The third-order valence-corrected chi connectivity index (χ3v) is 2.50. The summed E-state index contributed by atoms with van der Waals surface area (Å²) in [5.74, 6) is 0.679. The fourth-order valence-corrected chi connectivity index (χ4v) is 1.68. The van der Waals surface area contributed by atoms with E-state index in [-0.39, 0.29) is 6.04 Å². The van der Waals surface area contributed by atoms with Gasteiger partial charge in [-0.1, -0.05) is 0 Å². The zero-order valence-electron chi connectivity index (χ0n) is 7.67. The monoisotopic (exact) mass is 195 g/mol. The summed E-state index contributed by atoms with van der Waals surface area (Å²) < 4.78 is 0. The second-order valence-corrected chi connectivity index (χ2v) is 3.48. The summed E-state index contributed by atoms with van der Waals surface area (Å²) in [6.07, 6.45) is 3.14. The van der Waals surface area contributed by atoms with Gasteiger partial charge in [-0.15, -0.1) is 0 Å². The summed E-state index contributed by atoms with van der Waals surface area (Å²) in [5.41, 5.74) is 0. The first kappa shape index (κ1) is 9.36. The summed E-state index contributed by atoms with van der Waals surface area (Å²) in [7, 11) is 0. The van der Waals surface area contributed by atoms with Crippen molar-refractivity contribution in [1.82, 2.24) is 9.97 Å². The molecule has 0 aliphatic heterocycles. The van der Waals surface area contributed by atoms with Crippen LogP contribution in [0.4, 0.5) is 5.82 Å². The van der Waals surface area contributed by atoms with Gasteiger partial charge in [0.15, 0.2) is 0 Å². The standard InChI is InChI=1S/C9H13N3O2/c13-7-2-1-6(9(7)14)12-8-3-4-10-5-11-8/h3-7,9,13-14H,1-2H2,(H,10,11,12). The molecule has 0 saturated heterocycles. The lowest BCUT2D eigenvalue weighted by Gasteiger charge is -2.18. The molecule has 1 aliphatic carbocycles. The first-order valence-electron chi connectivity index (χ1n) is 4.66. The second kappa shape index (κ2) is 3.89. The molecule has 1 saturated carbocycles. The van der Waals surface area contributed by atoms with Gasteiger partial charge in [-0.2, -0.15) is 0 Å². The number of nitrogens with zero attached hydrogens (tertiary/aromatic N) is 2. The average molecular weight is 195 g/mol. The first-order chi connectivity index (χ1) is 6.77. The Kier molecular flexibility index (Phi) is 2.60. The molecule has 1 heterocycles. The van der Waals surface area contributed by atoms with Gasteiger partial charge >= 0.3 is 0 Å². The highest BCUT2D eigenvalue weighted by molar-refractivity contribution is 5.34. The molecule has 0 aromatic carbocycles. The molecule has 0 amide bonds. The molecule has 1 aromatic rings. The van der Waals surface area contributed by atoms with Crippen LogP contribution in [0.25, 0.3) is 0 Å². The lowest BCUT2D eigenvalue weighted by atomic mass is 10.2. The highest BCUT2D eigenvalue weighted by Crippen LogP contribution is 2.22. The smallest absolute Gasteiger partial charge is 0.129 e. The van der Waals surface area contributed by atoms with Crippen LogP contribution in [0.1, 0.15) is 12.8 Å². The largest absolute Gasteiger partial charge is 0.390 e. The number of aromatic nitrogens is 2. The number of hydrogen-bond donors (Lipinski definition) is 3. The molecule has 1 fully saturated rings. The maximum atomic E-state index is 9.56. The van der Waals surface area contributed by atoms with Crippen molar-refractivity contribution in [2.75, 3.05) is 5.32 Å². The zero-order valence-corrected chi connectivity index (χ0v) is 7.67. The zero-order chi connectivity index (χ0) is 9.97. The van der Waals surface area contributed by atoms with E-state index in [0.29, 0.717) is 12.2 Å². The molecule has 1 aliphatic rings. The second-order valence-electron chi connectivity index (χ2n) is 3.48. The fraction of sp³-hybridized carbons (Fsp3) is 0.556. The molecule has 14 heavy (non-hydrogen) atoms. The van der Waals surface area contributed by atoms with Crippen LogP contribution in [-0.2, 0) is 0 Å². The summed E-state index contributed by atoms with van der Waals surface area (Å²) in [6, 6.07) is 1.62. The maximum Gasteiger partial charge on any atom is 0.129 e. The van der Waals surface area contributed by atoms with E-state index >= 15 is 0 Å². The quantitative estimate of drug-likeness (QED) is 0.607. The third kappa shape index (κ3) is 1.83. The van der Waals surface area contributed by atoms with E-state index in [0.717, 1.165) is 6.42 Å². The molecule has 5 heteroatoms. The number of anilines is 1. The maximum absolute atomic E-state index is 9.56. The van der Waals surface area contributed by atoms with Crippen molar-refractivity contribution in [1.29, 1.82) is 0 Å². The molecular weight excluding hydrogens is 182 g/mol. The predicted molar refractivity (Wildman–Crippen MR) is 50.7 cm³/mol. The topological polar surface area (TPSA) is 78.3 Å². The normalized spacial score (nSPS) is 31.7. The van der Waals surface area contributed by atoms with Gasteiger partial charge in [0.25, 0.3) is 0 Å². The van der Waals surface area contributed by atoms with Crippen LogP contribution in [0.2, 0.25) is 0 Å². The Labute approximate surface area is 81.8 Å². The SMILES string of the molecule is OC1CCC(Nc2ccncn2)C1O. The highest BCUT2D eigenvalue weighted by Gasteiger charge is 2.33. The number of aliphatic hydroxyl groups is 2. The van der Waals surface area contributed by atoms with Gasteiger partial charge in [-0.25, -0.2) is 9.97 Å². The van der Waals surface area contributed by atoms with Crippen molar-refractivity contribution in [2.24, 2.45) is 0 Å². The first-order valence-corrected chi connectivity index (χ1v) is 4.66. The van der Waals surface area contributed by atoms with Gasteiger partial charge in [0.05, 0.1) is 18.2 Å². The van der Waals surface area contributed by atoms with Crippen molar-refractivity contribution < 1.29 is 10.2 Å². The van der Waals surface area contributed by atoms with E-state index in [4.69, 9.17) is 0 Å². The number of hydrogen-bond acceptors (Lipinski definition) is 5. The minimum Gasteiger partial charge on any atom is -0.390 e. The van der Waals surface area contributed by atoms with E-state index < -0.39 is 12.2 Å². The van der Waals surface area contributed by atoms with Crippen LogP contribution in [0.15, 0.2) is 18.6 Å². The van der Waals surface area contributed by atoms with E-state index in [1.54, 1.807) is 12.3 Å². The average Bonchev–Trinajstić information content (AvgIpc) is 2.52. The van der Waals surface area contributed by atoms with Crippen LogP contribution in [0.3, 0.4) is 0 Å². The Hall–Kier alpha value is -1.20. The van der Waals surface area contributed by atoms with Crippen molar-refractivity contribution in [3.8, 4) is 0 Å². The molecule has 0 spiro atoms. The third-order valence-electron chi connectivity index (χ3n) is 2.50. The fourth-order valence-electron chi connectivity index (χ4n) is 1.68. The van der Waals surface area contributed by atoms with Crippen LogP contribution in [0.5, 0.6) is 0 Å². The van der Waals surface area contributed by atoms with Gasteiger partial charge < -0.3 is 15.5 Å². The molecular formula is C9H13N3O2. The minimum absolute atomic E-state index is 0.111. The molecule has 0 bridgehead atoms. The van der Waals surface area contributed by atoms with E-state index in [1.165, 1.54) is 6.33 Å². The van der Waals surface area contributed by atoms with Gasteiger partial charge in [0, 0.05) is 6.20 Å². The summed E-state index contributed by atoms with van der Waals surface area (Å²) in [4.78, 5) is 7.78. The van der Waals surface area contributed by atoms with Crippen molar-refractivity contribution in [3.05, 3.63) is 18.6 Å². The summed E-state index contributed by atoms with van der Waals surface area (Å²) in [6.45, 7) is 0. The Morgan fingerprint density at radius 1 is 1.36 bits per heavy atom. The van der Waals surface area contributed by atoms with E-state index in [1.807, 2.05) is 0 Å². The Balaban J connectivity index is 1.99. The van der Waals surface area contributed by atoms with Gasteiger partial charge in [0.2, 0.25) is 0 Å². The lowest BCUT2D eigenvalue weighted by molar-refractivity contribution is 0.0391. The van der Waals surface area contributed by atoms with Crippen molar-refractivity contribution in [2.45, 2.75) is 31.1 Å². The molecule has 0 radical (unpaired) electrons. The van der Waals surface area contributed by atoms with Crippen LogP contribution < -0.4 is 5.32 Å². The molecule has 1 aromatic heterocycles. The van der Waals surface area contributed by atoms with Gasteiger partial charge in [-0.3, -0.25) is 0 Å². The number of nitrogens with one attached hydrogen (secondary N) is 1. The number of rotatable bonds is 2. The molecule has 3 unspecified atom stereocenters. The molecule has 3 atom stereocenters. The van der Waals surface area contributed by atoms with Crippen molar-refractivity contribution >= 4 is 5.82 Å². The van der Waals surface area contributed by atoms with Crippen molar-refractivity contribution in [3.63, 3.8) is 0 Å². The van der Waals surface area contributed by atoms with Gasteiger partial charge in [-0.05, 0) is 18.9 Å². The van der Waals surface area contributed by atoms with Crippen LogP contribution in [-0.4, -0.2) is 38.4 Å². The molecule has 3 N–H and O–H groups in total. The summed E-state index contributed by atoms with van der Waals surface area (Å²) in [5, 5.41) is 21.9. The summed E-state index contributed by atoms with van der Waals surface area (Å²) >= 11 is 0. The molecule has 2 rings (SSSR count). The Morgan fingerprint density at radius 3 is 2.79 bits per heavy atom.